The quantitative estimate of drug-likeness (QED) is 0.132. The van der Waals surface area contributed by atoms with Crippen LogP contribution in [0.2, 0.25) is 10.0 Å². The van der Waals surface area contributed by atoms with Crippen molar-refractivity contribution in [3.8, 4) is 11.5 Å². The van der Waals surface area contributed by atoms with Gasteiger partial charge in [0.2, 0.25) is 12.4 Å². The number of fused-ring (bicyclic) bond motifs is 3. The van der Waals surface area contributed by atoms with Gasteiger partial charge in [-0.05, 0) is 79.7 Å². The van der Waals surface area contributed by atoms with Gasteiger partial charge in [0.25, 0.3) is 0 Å². The van der Waals surface area contributed by atoms with Gasteiger partial charge in [-0.1, -0.05) is 41.4 Å². The lowest BCUT2D eigenvalue weighted by atomic mass is 9.85. The molecule has 0 unspecified atom stereocenters. The Morgan fingerprint density at radius 3 is 2.49 bits per heavy atom. The molecule has 0 radical (unpaired) electrons. The maximum atomic E-state index is 15.3. The molecule has 3 fully saturated rings. The molecule has 16 heteroatoms. The molecule has 3 aliphatic rings. The molecule has 1 amide bonds. The Morgan fingerprint density at radius 1 is 1.14 bits per heavy atom. The van der Waals surface area contributed by atoms with Crippen molar-refractivity contribution in [1.29, 1.82) is 0 Å². The van der Waals surface area contributed by atoms with E-state index in [9.17, 15) is 28.7 Å². The second-order valence-electron chi connectivity index (χ2n) is 12.1. The average molecular weight is 770 g/mol. The molecule has 1 N–H and O–H groups in total. The number of benzene rings is 2. The minimum Gasteiger partial charge on any atom is -0.544 e. The topological polar surface area (TPSA) is 115 Å². The summed E-state index contributed by atoms with van der Waals surface area (Å²) in [5, 5.41) is 22.7. The van der Waals surface area contributed by atoms with Gasteiger partial charge in [-0.15, -0.1) is 11.3 Å². The number of aromatic carboxylic acids is 1. The van der Waals surface area contributed by atoms with E-state index in [2.05, 4.69) is 9.64 Å². The summed E-state index contributed by atoms with van der Waals surface area (Å²) in [6.45, 7) is -1.34. The van der Waals surface area contributed by atoms with E-state index in [0.29, 0.717) is 11.3 Å². The van der Waals surface area contributed by atoms with Crippen LogP contribution in [0.4, 0.5) is 23.7 Å². The first-order valence-electron chi connectivity index (χ1n) is 17.2. The highest BCUT2D eigenvalue weighted by molar-refractivity contribution is 7.14. The highest BCUT2D eigenvalue weighted by Crippen LogP contribution is 2.42. The fourth-order valence-corrected chi connectivity index (χ4v) is 8.28. The van der Waals surface area contributed by atoms with E-state index in [1.165, 1.54) is 30.3 Å². The molecule has 3 saturated heterocycles. The minimum atomic E-state index is -3.34. The number of aromatic nitrogens is 1. The van der Waals surface area contributed by atoms with Crippen LogP contribution in [0.15, 0.2) is 60.9 Å². The number of rotatable bonds is 12. The summed E-state index contributed by atoms with van der Waals surface area (Å²) < 4.78 is 80.7. The van der Waals surface area contributed by atoms with E-state index in [-0.39, 0.29) is 61.1 Å². The van der Waals surface area contributed by atoms with Gasteiger partial charge in [0.05, 0.1) is 34.2 Å². The predicted octanol–water partition coefficient (Wildman–Crippen LogP) is 6.30. The normalized spacial score (nSPS) is 19.9. The molecule has 2 aromatic carbocycles. The van der Waals surface area contributed by atoms with Crippen LogP contribution in [0, 0.1) is 11.7 Å². The molecular weight excluding hydrogens is 734 g/mol. The summed E-state index contributed by atoms with van der Waals surface area (Å²) in [6.07, 6.45) is 2.53. The Hall–Kier alpha value is -4.24. The maximum absolute atomic E-state index is 15.3. The number of nitrogens with zero attached hydrogens (tertiary/aromatic N) is 3. The van der Waals surface area contributed by atoms with Gasteiger partial charge in [-0.25, -0.2) is 9.18 Å². The number of carbonyl (C=O) groups excluding carboxylic acids is 2. The fraction of sp³-hybridized carbons (Fsp3) is 0.343. The number of ether oxygens (including phenoxy) is 3. The second-order valence-corrected chi connectivity index (χ2v) is 14.1. The van der Waals surface area contributed by atoms with Crippen LogP contribution in [-0.4, -0.2) is 61.6 Å². The van der Waals surface area contributed by atoms with E-state index in [1.54, 1.807) is 6.07 Å². The molecule has 2 aromatic heterocycles. The van der Waals surface area contributed by atoms with Crippen LogP contribution in [0.5, 0.6) is 11.5 Å². The summed E-state index contributed by atoms with van der Waals surface area (Å²) in [4.78, 5) is 29.8. The van der Waals surface area contributed by atoms with Crippen molar-refractivity contribution in [1.82, 2.24) is 4.90 Å². The van der Waals surface area contributed by atoms with Crippen LogP contribution in [0.25, 0.3) is 0 Å². The third kappa shape index (κ3) is 8.14. The molecule has 270 valence electrons. The van der Waals surface area contributed by atoms with Crippen molar-refractivity contribution in [2.45, 2.75) is 44.4 Å². The number of amides is 1. The summed E-state index contributed by atoms with van der Waals surface area (Å²) >= 11 is 13.7. The highest BCUT2D eigenvalue weighted by Gasteiger charge is 2.38. The van der Waals surface area contributed by atoms with Crippen molar-refractivity contribution in [3.05, 3.63) is 103 Å². The zero-order valence-corrected chi connectivity index (χ0v) is 28.9. The van der Waals surface area contributed by atoms with Gasteiger partial charge in [0.1, 0.15) is 22.0 Å². The lowest BCUT2D eigenvalue weighted by molar-refractivity contribution is -0.904. The van der Waals surface area contributed by atoms with Crippen molar-refractivity contribution < 1.29 is 56.1 Å². The Labute approximate surface area is 309 Å². The van der Waals surface area contributed by atoms with Crippen LogP contribution < -0.4 is 24.2 Å². The smallest absolute Gasteiger partial charge is 0.415 e. The van der Waals surface area contributed by atoms with Crippen molar-refractivity contribution in [2.24, 2.45) is 5.92 Å². The number of anilines is 1. The Bertz CT molecular complexity index is 2010. The summed E-state index contributed by atoms with van der Waals surface area (Å²) in [7, 11) is -3.10. The third-order valence-corrected chi connectivity index (χ3v) is 10.8. The number of hydrogen-bond donors (Lipinski definition) is 1. The van der Waals surface area contributed by atoms with E-state index < -0.39 is 55.1 Å². The Morgan fingerprint density at radius 2 is 1.86 bits per heavy atom. The van der Waals surface area contributed by atoms with Gasteiger partial charge in [-0.2, -0.15) is 8.78 Å². The highest BCUT2D eigenvalue weighted by atomic mass is 35.5. The molecule has 7 rings (SSSR count). The monoisotopic (exact) mass is 768 g/mol. The van der Waals surface area contributed by atoms with E-state index in [0.717, 1.165) is 66.7 Å². The predicted molar refractivity (Wildman–Crippen MR) is 180 cm³/mol. The minimum absolute atomic E-state index is 0.0294. The number of halogens is 5. The van der Waals surface area contributed by atoms with Crippen LogP contribution in [0.1, 0.15) is 54.1 Å². The largest absolute Gasteiger partial charge is 0.544 e. The number of pyridine rings is 1. The zero-order valence-electron chi connectivity index (χ0n) is 29.6. The van der Waals surface area contributed by atoms with Crippen LogP contribution in [-0.2, 0) is 17.7 Å². The number of carbonyl (C=O) groups is 2. The molecule has 0 saturated carbocycles. The molecule has 3 aliphatic heterocycles. The van der Waals surface area contributed by atoms with Crippen LogP contribution in [0.3, 0.4) is 0 Å². The number of para-hydroxylation sites is 1. The van der Waals surface area contributed by atoms with Crippen LogP contribution >= 0.6 is 34.5 Å². The summed E-state index contributed by atoms with van der Waals surface area (Å²) in [5.74, 6) is -4.47. The van der Waals surface area contributed by atoms with E-state index in [1.807, 2.05) is 0 Å². The van der Waals surface area contributed by atoms with Gasteiger partial charge >= 0.3 is 12.7 Å². The first-order chi connectivity index (χ1) is 25.6. The molecular formula is C35H32Cl2F3N3O7S. The summed E-state index contributed by atoms with van der Waals surface area (Å²) in [6, 6.07) is 10.5. The Kier molecular flexibility index (Phi) is 9.96. The first kappa shape index (κ1) is 32.7. The van der Waals surface area contributed by atoms with Crippen molar-refractivity contribution in [2.75, 3.05) is 31.6 Å². The zero-order chi connectivity index (χ0) is 38.9. The van der Waals surface area contributed by atoms with Gasteiger partial charge in [0.15, 0.2) is 11.5 Å². The molecule has 0 aliphatic carbocycles. The lowest BCUT2D eigenvalue weighted by Crippen LogP contribution is -2.53. The van der Waals surface area contributed by atoms with Gasteiger partial charge in [-0.3, -0.25) is 15.0 Å². The summed E-state index contributed by atoms with van der Waals surface area (Å²) in [5.41, 5.74) is 0.352. The molecule has 51 heavy (non-hydrogen) atoms. The van der Waals surface area contributed by atoms with Crippen molar-refractivity contribution in [3.63, 3.8) is 0 Å². The second kappa shape index (κ2) is 15.6. The molecule has 4 aromatic rings. The molecule has 10 nitrogen and oxygen atoms in total. The van der Waals surface area contributed by atoms with Crippen molar-refractivity contribution >= 4 is 52.3 Å². The number of piperidine rings is 3. The molecule has 0 spiro atoms. The van der Waals surface area contributed by atoms with Gasteiger partial charge < -0.3 is 24.1 Å². The molecule has 5 heterocycles. The average Bonchev–Trinajstić information content (AvgIpc) is 3.52. The standard InChI is InChI=1S/C35H32Cl2F3N3O7S/c1-48-30-12-20(6-7-29(30)49-34(39)40)22(14-24-25(36)16-42(47)17-26(24)37)23-13-21(51-32(23)33(44)45)15-43(28-5-3-2-4-27(28)38)35(46)50-31-18-41-10-8-19(31)9-11-41/h2-7,12-13,16-17,19,22,31,34H,8-11,14-15,18H2,1H3,(H-,44,45,47)/t22-,31-/m0/s1/i1D3. The molecule has 2 bridgehead atoms. The maximum Gasteiger partial charge on any atom is 0.415 e. The Balaban J connectivity index is 1.44. The number of carboxylic acid groups (broad SMARTS) is 1. The third-order valence-electron chi connectivity index (χ3n) is 9.07. The molecule has 2 atom stereocenters. The first-order valence-corrected chi connectivity index (χ1v) is 17.3. The van der Waals surface area contributed by atoms with E-state index in [4.69, 9.17) is 36.8 Å². The number of alkyl halides is 2. The lowest BCUT2D eigenvalue weighted by Gasteiger charge is -2.44. The number of thiophene rings is 1. The number of hydrogen-bond acceptors (Lipinski definition) is 9. The number of carboxylic acids is 1. The fourth-order valence-electron chi connectivity index (χ4n) is 6.63. The number of methoxy groups -OCH3 is 1. The SMILES string of the molecule is [2H]C([2H])([2H])Oc1cc([C@H](Cc2c(Cl)c[n+](O)cc2Cl)c2cc(CN(C(=O)O[C@H]3CN4CCC3CC4)c3ccccc3F)sc2C(=O)[O-])ccc1OC(F)F. The van der Waals surface area contributed by atoms with Gasteiger partial charge in [0, 0.05) is 27.6 Å². The van der Waals surface area contributed by atoms with E-state index >= 15 is 4.39 Å².